The lowest BCUT2D eigenvalue weighted by Gasteiger charge is -2.10. The van der Waals surface area contributed by atoms with Crippen molar-refractivity contribution in [2.45, 2.75) is 6.54 Å². The fourth-order valence-electron chi connectivity index (χ4n) is 3.49. The monoisotopic (exact) mass is 545 g/mol. The smallest absolute Gasteiger partial charge is 0.283 e. The molecule has 164 valence electrons. The fraction of sp³-hybridized carbons (Fsp3) is 0.136. The quantitative estimate of drug-likeness (QED) is 0.245. The highest BCUT2D eigenvalue weighted by molar-refractivity contribution is 5.80. The Morgan fingerprint density at radius 2 is 2.00 bits per heavy atom. The summed E-state index contributed by atoms with van der Waals surface area (Å²) >= 11 is 0. The first kappa shape index (κ1) is 21.7. The normalized spacial score (nSPS) is 11.8. The van der Waals surface area contributed by atoms with Crippen molar-refractivity contribution in [1.82, 2.24) is 9.38 Å². The topological polar surface area (TPSA) is 104 Å². The van der Waals surface area contributed by atoms with Gasteiger partial charge < -0.3 is 49.2 Å². The van der Waals surface area contributed by atoms with Gasteiger partial charge in [-0.05, 0) is 36.4 Å². The molecule has 4 aromatic rings. The number of benzene rings is 2. The number of hydrogen-bond donors (Lipinski definition) is 2. The van der Waals surface area contributed by atoms with Crippen molar-refractivity contribution in [3.05, 3.63) is 61.1 Å². The zero-order valence-corrected chi connectivity index (χ0v) is 19.3. The molecule has 0 fully saturated rings. The third-order valence-electron chi connectivity index (χ3n) is 4.96. The van der Waals surface area contributed by atoms with E-state index in [9.17, 15) is 4.79 Å². The van der Waals surface area contributed by atoms with Gasteiger partial charge in [0, 0.05) is 17.3 Å². The van der Waals surface area contributed by atoms with Crippen molar-refractivity contribution < 1.29 is 47.5 Å². The van der Waals surface area contributed by atoms with Crippen molar-refractivity contribution >= 4 is 23.1 Å². The number of hydrogen-bond acceptors (Lipinski definition) is 6. The molecule has 3 heterocycles. The molecule has 2 aromatic heterocycles. The zero-order chi connectivity index (χ0) is 21.4. The first-order valence-electron chi connectivity index (χ1n) is 9.61. The maximum Gasteiger partial charge on any atom is 0.283 e. The van der Waals surface area contributed by atoms with Crippen LogP contribution < -0.4 is 53.8 Å². The van der Waals surface area contributed by atoms with E-state index in [1.165, 1.54) is 0 Å². The molecule has 9 nitrogen and oxygen atoms in total. The van der Waals surface area contributed by atoms with Crippen LogP contribution in [0.4, 0.5) is 11.5 Å². The lowest BCUT2D eigenvalue weighted by atomic mass is 10.1. The Morgan fingerprint density at radius 3 is 2.75 bits per heavy atom. The summed E-state index contributed by atoms with van der Waals surface area (Å²) in [5, 5.41) is 3.45. The van der Waals surface area contributed by atoms with Crippen LogP contribution in [0.3, 0.4) is 0 Å². The number of imidazole rings is 1. The van der Waals surface area contributed by atoms with Gasteiger partial charge in [0.25, 0.3) is 5.91 Å². The van der Waals surface area contributed by atoms with Gasteiger partial charge in [0.15, 0.2) is 17.7 Å². The summed E-state index contributed by atoms with van der Waals surface area (Å²) in [4.78, 5) is 16.1. The highest BCUT2D eigenvalue weighted by Gasteiger charge is 2.19. The highest BCUT2D eigenvalue weighted by Crippen LogP contribution is 2.37. The number of fused-ring (bicyclic) bond motifs is 2. The fourth-order valence-corrected chi connectivity index (χ4v) is 3.49. The predicted octanol–water partition coefficient (Wildman–Crippen LogP) is -0.741. The van der Waals surface area contributed by atoms with Gasteiger partial charge in [-0.1, -0.05) is 0 Å². The summed E-state index contributed by atoms with van der Waals surface area (Å²) in [5.74, 6) is 2.51. The van der Waals surface area contributed by atoms with E-state index in [1.54, 1.807) is 24.1 Å². The summed E-state index contributed by atoms with van der Waals surface area (Å²) in [6.07, 6.45) is 5.40. The molecule has 5 rings (SSSR count). The SMILES string of the molecule is COc1ccc(-c2nc3c[n+](CC(N)=O)ccn3c2Nc2ccc3c(c2)OCO3)cc1.[I-]. The van der Waals surface area contributed by atoms with E-state index in [2.05, 4.69) is 5.32 Å². The maximum absolute atomic E-state index is 11.3. The second kappa shape index (κ2) is 8.91. The molecule has 0 saturated heterocycles. The number of nitrogens with zero attached hydrogens (tertiary/aromatic N) is 3. The molecular formula is C22H20IN5O4. The number of methoxy groups -OCH3 is 1. The number of nitrogens with one attached hydrogen (secondary N) is 1. The van der Waals surface area contributed by atoms with Crippen molar-refractivity contribution in [2.75, 3.05) is 19.2 Å². The predicted molar refractivity (Wildman–Crippen MR) is 112 cm³/mol. The van der Waals surface area contributed by atoms with Crippen LogP contribution in [0.5, 0.6) is 17.2 Å². The van der Waals surface area contributed by atoms with Crippen LogP contribution in [-0.4, -0.2) is 29.2 Å². The molecule has 0 unspecified atom stereocenters. The summed E-state index contributed by atoms with van der Waals surface area (Å²) in [7, 11) is 1.63. The molecule has 0 atom stereocenters. The maximum atomic E-state index is 11.3. The van der Waals surface area contributed by atoms with E-state index in [0.717, 1.165) is 28.5 Å². The number of aromatic nitrogens is 3. The molecule has 1 aliphatic heterocycles. The molecule has 1 aliphatic rings. The zero-order valence-electron chi connectivity index (χ0n) is 17.1. The van der Waals surface area contributed by atoms with E-state index >= 15 is 0 Å². The van der Waals surface area contributed by atoms with E-state index in [-0.39, 0.29) is 37.3 Å². The summed E-state index contributed by atoms with van der Waals surface area (Å²) in [5.41, 5.74) is 8.49. The van der Waals surface area contributed by atoms with E-state index in [1.807, 2.05) is 53.1 Å². The Hall–Kier alpha value is -3.54. The Kier molecular flexibility index (Phi) is 6.04. The average molecular weight is 545 g/mol. The van der Waals surface area contributed by atoms with E-state index in [4.69, 9.17) is 24.9 Å². The number of nitrogens with two attached hydrogens (primary N) is 1. The van der Waals surface area contributed by atoms with Crippen LogP contribution in [0.1, 0.15) is 0 Å². The van der Waals surface area contributed by atoms with Gasteiger partial charge in [-0.25, -0.2) is 4.98 Å². The minimum absolute atomic E-state index is 0. The third kappa shape index (κ3) is 4.13. The Bertz CT molecular complexity index is 1290. The number of halogens is 1. The van der Waals surface area contributed by atoms with Gasteiger partial charge in [-0.15, -0.1) is 0 Å². The third-order valence-corrected chi connectivity index (χ3v) is 4.96. The van der Waals surface area contributed by atoms with Crippen molar-refractivity contribution in [3.8, 4) is 28.5 Å². The lowest BCUT2D eigenvalue weighted by molar-refractivity contribution is -0.683. The number of carbonyl (C=O) groups is 1. The van der Waals surface area contributed by atoms with Gasteiger partial charge in [0.2, 0.25) is 25.2 Å². The van der Waals surface area contributed by atoms with Gasteiger partial charge in [0.1, 0.15) is 17.3 Å². The molecule has 0 saturated carbocycles. The second-order valence-electron chi connectivity index (χ2n) is 7.02. The Labute approximate surface area is 200 Å². The first-order valence-corrected chi connectivity index (χ1v) is 9.61. The van der Waals surface area contributed by atoms with E-state index in [0.29, 0.717) is 17.1 Å². The van der Waals surface area contributed by atoms with Crippen molar-refractivity contribution in [3.63, 3.8) is 0 Å². The molecule has 2 aromatic carbocycles. The van der Waals surface area contributed by atoms with Crippen molar-refractivity contribution in [2.24, 2.45) is 5.73 Å². The van der Waals surface area contributed by atoms with Crippen LogP contribution in [-0.2, 0) is 11.3 Å². The van der Waals surface area contributed by atoms with Crippen molar-refractivity contribution in [1.29, 1.82) is 0 Å². The largest absolute Gasteiger partial charge is 1.00 e. The van der Waals surface area contributed by atoms with Gasteiger partial charge in [-0.3, -0.25) is 9.20 Å². The standard InChI is InChI=1S/C22H19N5O4.HI/c1-29-16-5-2-14(3-6-16)21-22(24-15-4-7-17-18(10-15)31-13-30-17)27-9-8-26(11-19(23)28)12-20(27)25-21;/h2-10,12H,11,13H2,1H3,(H2,23,28);1H. The van der Waals surface area contributed by atoms with Gasteiger partial charge in [0.05, 0.1) is 13.3 Å². The molecule has 0 radical (unpaired) electrons. The van der Waals surface area contributed by atoms with E-state index < -0.39 is 5.91 Å². The number of anilines is 2. The second-order valence-corrected chi connectivity index (χ2v) is 7.02. The highest BCUT2D eigenvalue weighted by atomic mass is 127. The minimum Gasteiger partial charge on any atom is -1.00 e. The molecule has 10 heteroatoms. The molecule has 1 amide bonds. The summed E-state index contributed by atoms with van der Waals surface area (Å²) in [6.45, 7) is 0.289. The molecule has 0 aliphatic carbocycles. The Morgan fingerprint density at radius 1 is 1.22 bits per heavy atom. The molecule has 3 N–H and O–H groups in total. The minimum atomic E-state index is -0.421. The average Bonchev–Trinajstić information content (AvgIpc) is 3.37. The lowest BCUT2D eigenvalue weighted by Crippen LogP contribution is -3.00. The Balaban J connectivity index is 0.00000245. The van der Waals surface area contributed by atoms with Crippen LogP contribution in [0, 0.1) is 0 Å². The number of ether oxygens (including phenoxy) is 3. The summed E-state index contributed by atoms with van der Waals surface area (Å²) in [6, 6.07) is 13.3. The molecular weight excluding hydrogens is 525 g/mol. The van der Waals surface area contributed by atoms with Crippen LogP contribution in [0.25, 0.3) is 16.9 Å². The van der Waals surface area contributed by atoms with Gasteiger partial charge >= 0.3 is 0 Å². The van der Waals surface area contributed by atoms with Crippen LogP contribution in [0.2, 0.25) is 0 Å². The molecule has 0 spiro atoms. The van der Waals surface area contributed by atoms with Gasteiger partial charge in [-0.2, -0.15) is 4.57 Å². The summed E-state index contributed by atoms with van der Waals surface area (Å²) < 4.78 is 19.8. The van der Waals surface area contributed by atoms with Crippen LogP contribution in [0.15, 0.2) is 61.1 Å². The molecule has 0 bridgehead atoms. The molecule has 32 heavy (non-hydrogen) atoms. The first-order chi connectivity index (χ1) is 15.1. The number of primary amides is 1. The van der Waals surface area contributed by atoms with Crippen LogP contribution >= 0.6 is 0 Å². The number of rotatable bonds is 6. The number of carbonyl (C=O) groups excluding carboxylic acids is 1. The number of amides is 1.